The van der Waals surface area contributed by atoms with E-state index in [1.807, 2.05) is 6.07 Å². The van der Waals surface area contributed by atoms with Gasteiger partial charge in [0.25, 0.3) is 0 Å². The van der Waals surface area contributed by atoms with Gasteiger partial charge in [0.05, 0.1) is 28.7 Å². The monoisotopic (exact) mass is 553 g/mol. The van der Waals surface area contributed by atoms with Crippen molar-refractivity contribution in [3.63, 3.8) is 0 Å². The molecule has 0 bridgehead atoms. The molecule has 0 spiro atoms. The van der Waals surface area contributed by atoms with Crippen molar-refractivity contribution in [3.8, 4) is 34.0 Å². The number of sulfone groups is 1. The lowest BCUT2D eigenvalue weighted by molar-refractivity contribution is 0.433. The predicted molar refractivity (Wildman–Crippen MR) is 144 cm³/mol. The molecule has 39 heavy (non-hydrogen) atoms. The normalized spacial score (nSPS) is 14.4. The predicted octanol–water partition coefficient (Wildman–Crippen LogP) is 5.21. The van der Waals surface area contributed by atoms with Crippen LogP contribution >= 0.6 is 0 Å². The molecule has 0 saturated heterocycles. The Morgan fingerprint density at radius 3 is 2.59 bits per heavy atom. The second-order valence-electron chi connectivity index (χ2n) is 9.81. The van der Waals surface area contributed by atoms with E-state index in [9.17, 15) is 17.2 Å². The topological polar surface area (TPSA) is 124 Å². The molecular weight excluding hydrogens is 524 g/mol. The number of halogens is 2. The van der Waals surface area contributed by atoms with Crippen LogP contribution in [-0.4, -0.2) is 42.0 Å². The summed E-state index contributed by atoms with van der Waals surface area (Å²) in [4.78, 5) is 8.84. The van der Waals surface area contributed by atoms with Gasteiger partial charge in [-0.2, -0.15) is 0 Å². The number of aromatic nitrogens is 3. The molecule has 204 valence electrons. The van der Waals surface area contributed by atoms with E-state index in [0.717, 1.165) is 18.0 Å². The third kappa shape index (κ3) is 5.99. The fourth-order valence-electron chi connectivity index (χ4n) is 4.21. The molecule has 2 heterocycles. The van der Waals surface area contributed by atoms with Crippen LogP contribution in [0.1, 0.15) is 31.7 Å². The van der Waals surface area contributed by atoms with Crippen molar-refractivity contribution in [1.82, 2.24) is 20.4 Å². The first-order chi connectivity index (χ1) is 18.8. The van der Waals surface area contributed by atoms with Crippen LogP contribution < -0.4 is 11.1 Å². The molecule has 1 aliphatic rings. The summed E-state index contributed by atoms with van der Waals surface area (Å²) in [6, 6.07) is 12.7. The van der Waals surface area contributed by atoms with E-state index in [4.69, 9.17) is 10.3 Å². The van der Waals surface area contributed by atoms with Gasteiger partial charge in [-0.1, -0.05) is 23.4 Å². The Hall–Kier alpha value is -3.70. The molecule has 1 atom stereocenters. The first-order valence-electron chi connectivity index (χ1n) is 12.8. The molecule has 3 N–H and O–H groups in total. The summed E-state index contributed by atoms with van der Waals surface area (Å²) in [5.41, 5.74) is 8.73. The number of nitrogens with zero attached hydrogens (tertiary/aromatic N) is 3. The van der Waals surface area contributed by atoms with Crippen LogP contribution in [0.15, 0.2) is 64.1 Å². The van der Waals surface area contributed by atoms with Crippen molar-refractivity contribution >= 4 is 15.7 Å². The van der Waals surface area contributed by atoms with E-state index in [1.165, 1.54) is 44.2 Å². The molecular formula is C28H29F2N5O3S. The number of hydrogen-bond donors (Lipinski definition) is 2. The highest BCUT2D eigenvalue weighted by atomic mass is 32.2. The fraction of sp³-hybridized carbons (Fsp3) is 0.321. The SMILES string of the molecule is CC(CCF)S(=O)(=O)c1ccc(-c2cnc(N)c(-c3cc(-c4ccc(CNCC5CC5)cc4F)no3)n2)cc1. The molecule has 1 saturated carbocycles. The van der Waals surface area contributed by atoms with Gasteiger partial charge in [-0.25, -0.2) is 22.8 Å². The van der Waals surface area contributed by atoms with E-state index in [1.54, 1.807) is 24.3 Å². The zero-order valence-electron chi connectivity index (χ0n) is 21.4. The fourth-order valence-corrected chi connectivity index (χ4v) is 5.59. The largest absolute Gasteiger partial charge is 0.382 e. The summed E-state index contributed by atoms with van der Waals surface area (Å²) in [7, 11) is -3.65. The number of alkyl halides is 1. The molecule has 1 aliphatic carbocycles. The van der Waals surface area contributed by atoms with Crippen LogP contribution in [0, 0.1) is 11.7 Å². The summed E-state index contributed by atoms with van der Waals surface area (Å²) in [5.74, 6) is 0.641. The summed E-state index contributed by atoms with van der Waals surface area (Å²) in [6.07, 6.45) is 3.90. The van der Waals surface area contributed by atoms with Crippen LogP contribution in [0.2, 0.25) is 0 Å². The molecule has 0 aliphatic heterocycles. The number of nitrogens with two attached hydrogens (primary N) is 1. The van der Waals surface area contributed by atoms with Crippen molar-refractivity contribution in [3.05, 3.63) is 66.1 Å². The van der Waals surface area contributed by atoms with Gasteiger partial charge in [-0.3, -0.25) is 4.39 Å². The number of rotatable bonds is 11. The molecule has 0 radical (unpaired) electrons. The van der Waals surface area contributed by atoms with E-state index < -0.39 is 27.6 Å². The van der Waals surface area contributed by atoms with E-state index in [2.05, 4.69) is 20.4 Å². The summed E-state index contributed by atoms with van der Waals surface area (Å²) < 4.78 is 58.3. The Morgan fingerprint density at radius 1 is 1.13 bits per heavy atom. The van der Waals surface area contributed by atoms with Gasteiger partial charge in [0.2, 0.25) is 0 Å². The van der Waals surface area contributed by atoms with Crippen molar-refractivity contribution in [2.75, 3.05) is 19.0 Å². The van der Waals surface area contributed by atoms with Crippen LogP contribution in [0.5, 0.6) is 0 Å². The standard InChI is InChI=1S/C28H29F2N5O3S/c1-17(10-11-29)39(36,37)21-7-5-20(6-8-21)25-16-33-28(31)27(34-25)26-13-24(35-38-26)22-9-4-19(12-23(22)30)15-32-14-18-2-3-18/h4-9,12-13,16-18,32H,2-3,10-11,14-15H2,1H3,(H2,31,33). The maximum atomic E-state index is 14.9. The van der Waals surface area contributed by atoms with Crippen LogP contribution in [-0.2, 0) is 16.4 Å². The molecule has 1 unspecified atom stereocenters. The lowest BCUT2D eigenvalue weighted by Crippen LogP contribution is -2.18. The lowest BCUT2D eigenvalue weighted by atomic mass is 10.1. The zero-order valence-corrected chi connectivity index (χ0v) is 22.2. The van der Waals surface area contributed by atoms with Crippen molar-refractivity contribution in [2.45, 2.75) is 42.9 Å². The molecule has 2 aromatic carbocycles. The van der Waals surface area contributed by atoms with Gasteiger partial charge in [0.1, 0.15) is 11.5 Å². The van der Waals surface area contributed by atoms with Gasteiger partial charge in [0.15, 0.2) is 27.1 Å². The maximum Gasteiger partial charge on any atom is 0.189 e. The Kier molecular flexibility index (Phi) is 7.72. The van der Waals surface area contributed by atoms with Crippen molar-refractivity contribution in [2.24, 2.45) is 5.92 Å². The van der Waals surface area contributed by atoms with E-state index in [0.29, 0.717) is 23.5 Å². The molecule has 11 heteroatoms. The second kappa shape index (κ2) is 11.2. The zero-order chi connectivity index (χ0) is 27.6. The molecule has 4 aromatic rings. The van der Waals surface area contributed by atoms with Crippen molar-refractivity contribution < 1.29 is 21.7 Å². The second-order valence-corrected chi connectivity index (χ2v) is 12.2. The molecule has 8 nitrogen and oxygen atoms in total. The lowest BCUT2D eigenvalue weighted by Gasteiger charge is -2.12. The minimum atomic E-state index is -3.65. The number of anilines is 1. The minimum Gasteiger partial charge on any atom is -0.382 e. The summed E-state index contributed by atoms with van der Waals surface area (Å²) in [5, 5.41) is 6.53. The van der Waals surface area contributed by atoms with Gasteiger partial charge >= 0.3 is 0 Å². The Bertz CT molecular complexity index is 1570. The third-order valence-corrected chi connectivity index (χ3v) is 9.06. The van der Waals surface area contributed by atoms with Crippen LogP contribution in [0.25, 0.3) is 34.0 Å². The molecule has 1 fully saturated rings. The van der Waals surface area contributed by atoms with Crippen LogP contribution in [0.4, 0.5) is 14.6 Å². The number of nitrogen functional groups attached to an aromatic ring is 1. The van der Waals surface area contributed by atoms with Gasteiger partial charge in [-0.15, -0.1) is 0 Å². The van der Waals surface area contributed by atoms with Gasteiger partial charge < -0.3 is 15.6 Å². The highest BCUT2D eigenvalue weighted by Crippen LogP contribution is 2.32. The van der Waals surface area contributed by atoms with Crippen LogP contribution in [0.3, 0.4) is 0 Å². The molecule has 0 amide bonds. The summed E-state index contributed by atoms with van der Waals surface area (Å²) >= 11 is 0. The minimum absolute atomic E-state index is 0.0678. The van der Waals surface area contributed by atoms with Gasteiger partial charge in [-0.05, 0) is 68.5 Å². The highest BCUT2D eigenvalue weighted by Gasteiger charge is 2.24. The highest BCUT2D eigenvalue weighted by molar-refractivity contribution is 7.92. The average molecular weight is 554 g/mol. The smallest absolute Gasteiger partial charge is 0.189 e. The maximum absolute atomic E-state index is 14.9. The first kappa shape index (κ1) is 26.9. The Morgan fingerprint density at radius 2 is 1.90 bits per heavy atom. The Balaban J connectivity index is 1.35. The summed E-state index contributed by atoms with van der Waals surface area (Å²) in [6.45, 7) is 2.32. The number of hydrogen-bond acceptors (Lipinski definition) is 8. The van der Waals surface area contributed by atoms with Gasteiger partial charge in [0, 0.05) is 23.7 Å². The third-order valence-electron chi connectivity index (χ3n) is 6.84. The average Bonchev–Trinajstić information content (AvgIpc) is 3.63. The quantitative estimate of drug-likeness (QED) is 0.260. The Labute approximate surface area is 225 Å². The number of nitrogens with one attached hydrogen (secondary N) is 1. The van der Waals surface area contributed by atoms with Crippen molar-refractivity contribution in [1.29, 1.82) is 0 Å². The van der Waals surface area contributed by atoms with E-state index >= 15 is 0 Å². The first-order valence-corrected chi connectivity index (χ1v) is 14.3. The number of benzene rings is 2. The molecule has 5 rings (SSSR count). The van der Waals surface area contributed by atoms with E-state index in [-0.39, 0.29) is 34.2 Å². The molecule has 2 aromatic heterocycles.